The fourth-order valence-electron chi connectivity index (χ4n) is 1.37. The Hall–Kier alpha value is 0.530. The molecule has 0 radical (unpaired) electrons. The van der Waals surface area contributed by atoms with Crippen molar-refractivity contribution in [2.45, 2.75) is 31.7 Å². The van der Waals surface area contributed by atoms with Crippen LogP contribution in [0.3, 0.4) is 0 Å². The summed E-state index contributed by atoms with van der Waals surface area (Å²) in [7, 11) is 0. The number of hydrogen-bond acceptors (Lipinski definition) is 2. The van der Waals surface area contributed by atoms with Gasteiger partial charge in [0.1, 0.15) is 0 Å². The molecule has 1 nitrogen and oxygen atoms in total. The Balaban J connectivity index is 0.00000196. The molecule has 0 fully saturated rings. The largest absolute Gasteiger partial charge is 0.310 e. The first-order chi connectivity index (χ1) is 6.47. The maximum Gasteiger partial charge on any atom is 0.0931 e. The van der Waals surface area contributed by atoms with E-state index in [2.05, 4.69) is 26.1 Å². The molecule has 0 saturated carbocycles. The van der Waals surface area contributed by atoms with Crippen LogP contribution in [0.5, 0.6) is 0 Å². The van der Waals surface area contributed by atoms with Crippen molar-refractivity contribution in [2.24, 2.45) is 0 Å². The van der Waals surface area contributed by atoms with Gasteiger partial charge in [-0.3, -0.25) is 0 Å². The van der Waals surface area contributed by atoms with Crippen molar-refractivity contribution in [3.8, 4) is 0 Å². The molecule has 0 spiro atoms. The smallest absolute Gasteiger partial charge is 0.0931 e. The van der Waals surface area contributed by atoms with Gasteiger partial charge in [-0.1, -0.05) is 18.5 Å². The molecule has 0 amide bonds. The van der Waals surface area contributed by atoms with E-state index < -0.39 is 0 Å². The number of nitrogens with one attached hydrogen (secondary N) is 1. The maximum atomic E-state index is 6.38. The van der Waals surface area contributed by atoms with Gasteiger partial charge < -0.3 is 5.32 Å². The Morgan fingerprint density at radius 1 is 1.47 bits per heavy atom. The summed E-state index contributed by atoms with van der Waals surface area (Å²) in [6, 6.07) is 3.88. The van der Waals surface area contributed by atoms with Gasteiger partial charge in [-0.25, -0.2) is 0 Å². The predicted octanol–water partition coefficient (Wildman–Crippen LogP) is 4.49. The Labute approximate surface area is 112 Å². The van der Waals surface area contributed by atoms with Crippen LogP contribution in [0.2, 0.25) is 4.34 Å². The van der Waals surface area contributed by atoms with Gasteiger partial charge in [-0.15, -0.1) is 35.3 Å². The van der Waals surface area contributed by atoms with E-state index in [1.807, 2.05) is 12.1 Å². The Morgan fingerprint density at radius 3 is 2.47 bits per heavy atom. The van der Waals surface area contributed by atoms with Crippen LogP contribution in [-0.4, -0.2) is 12.1 Å². The van der Waals surface area contributed by atoms with Crippen LogP contribution in [0.25, 0.3) is 0 Å². The minimum atomic E-state index is -0.107. The molecule has 1 aromatic heterocycles. The molecule has 88 valence electrons. The van der Waals surface area contributed by atoms with Crippen molar-refractivity contribution in [3.63, 3.8) is 0 Å². The molecule has 0 aromatic carbocycles. The molecule has 0 bridgehead atoms. The Kier molecular flexibility index (Phi) is 6.53. The number of rotatable bonds is 4. The van der Waals surface area contributed by atoms with Crippen LogP contribution in [0.1, 0.15) is 31.0 Å². The number of alkyl halides is 1. The summed E-state index contributed by atoms with van der Waals surface area (Å²) in [6.07, 6.45) is 0. The zero-order valence-electron chi connectivity index (χ0n) is 9.01. The number of hydrogen-bond donors (Lipinski definition) is 1. The minimum Gasteiger partial charge on any atom is -0.310 e. The van der Waals surface area contributed by atoms with Crippen molar-refractivity contribution < 1.29 is 0 Å². The third-order valence-electron chi connectivity index (χ3n) is 2.11. The molecule has 5 heteroatoms. The SMILES string of the molecule is CCNC(C)(C)C(Cl)c1ccc(Cl)s1.Cl. The van der Waals surface area contributed by atoms with Gasteiger partial charge >= 0.3 is 0 Å². The van der Waals surface area contributed by atoms with Crippen LogP contribution < -0.4 is 5.32 Å². The molecular formula is C10H16Cl3NS. The lowest BCUT2D eigenvalue weighted by Crippen LogP contribution is -2.42. The highest BCUT2D eigenvalue weighted by Gasteiger charge is 2.29. The van der Waals surface area contributed by atoms with Gasteiger partial charge in [0.25, 0.3) is 0 Å². The van der Waals surface area contributed by atoms with Crippen molar-refractivity contribution in [3.05, 3.63) is 21.3 Å². The number of thiophene rings is 1. The zero-order valence-corrected chi connectivity index (χ0v) is 12.2. The van der Waals surface area contributed by atoms with E-state index in [-0.39, 0.29) is 23.3 Å². The summed E-state index contributed by atoms with van der Waals surface area (Å²) >= 11 is 13.8. The molecule has 1 aromatic rings. The van der Waals surface area contributed by atoms with E-state index in [0.29, 0.717) is 0 Å². The summed E-state index contributed by atoms with van der Waals surface area (Å²) in [6.45, 7) is 7.19. The second-order valence-corrected chi connectivity index (χ2v) is 5.94. The topological polar surface area (TPSA) is 12.0 Å². The highest BCUT2D eigenvalue weighted by atomic mass is 35.5. The molecule has 0 saturated heterocycles. The predicted molar refractivity (Wildman–Crippen MR) is 72.9 cm³/mol. The summed E-state index contributed by atoms with van der Waals surface area (Å²) in [5.41, 5.74) is -0.107. The molecule has 15 heavy (non-hydrogen) atoms. The molecule has 0 aliphatic heterocycles. The molecule has 1 rings (SSSR count). The molecule has 1 heterocycles. The van der Waals surface area contributed by atoms with E-state index in [9.17, 15) is 0 Å². The molecule has 1 unspecified atom stereocenters. The molecule has 1 atom stereocenters. The average Bonchev–Trinajstić information content (AvgIpc) is 2.50. The van der Waals surface area contributed by atoms with Gasteiger partial charge in [0.15, 0.2) is 0 Å². The van der Waals surface area contributed by atoms with Gasteiger partial charge in [-0.05, 0) is 32.5 Å². The van der Waals surface area contributed by atoms with E-state index in [0.717, 1.165) is 15.8 Å². The summed E-state index contributed by atoms with van der Waals surface area (Å²) < 4.78 is 0.790. The second-order valence-electron chi connectivity index (χ2n) is 3.76. The van der Waals surface area contributed by atoms with Crippen molar-refractivity contribution in [2.75, 3.05) is 6.54 Å². The highest BCUT2D eigenvalue weighted by Crippen LogP contribution is 2.37. The van der Waals surface area contributed by atoms with E-state index >= 15 is 0 Å². The van der Waals surface area contributed by atoms with Gasteiger partial charge in [0.05, 0.1) is 9.71 Å². The first-order valence-electron chi connectivity index (χ1n) is 4.61. The summed E-state index contributed by atoms with van der Waals surface area (Å²) in [5, 5.41) is 3.32. The fourth-order valence-corrected chi connectivity index (χ4v) is 2.87. The van der Waals surface area contributed by atoms with Gasteiger partial charge in [-0.2, -0.15) is 0 Å². The van der Waals surface area contributed by atoms with Crippen molar-refractivity contribution in [1.29, 1.82) is 0 Å². The maximum absolute atomic E-state index is 6.38. The highest BCUT2D eigenvalue weighted by molar-refractivity contribution is 7.16. The average molecular weight is 289 g/mol. The van der Waals surface area contributed by atoms with Crippen LogP contribution in [0.15, 0.2) is 12.1 Å². The minimum absolute atomic E-state index is 0. The van der Waals surface area contributed by atoms with Crippen molar-refractivity contribution >= 4 is 46.9 Å². The zero-order chi connectivity index (χ0) is 10.8. The van der Waals surface area contributed by atoms with Crippen LogP contribution in [0.4, 0.5) is 0 Å². The number of halogens is 3. The molecular weight excluding hydrogens is 273 g/mol. The first kappa shape index (κ1) is 15.5. The normalized spacial score (nSPS) is 13.4. The van der Waals surface area contributed by atoms with E-state index in [4.69, 9.17) is 23.2 Å². The van der Waals surface area contributed by atoms with Crippen LogP contribution in [-0.2, 0) is 0 Å². The molecule has 0 aliphatic carbocycles. The lowest BCUT2D eigenvalue weighted by Gasteiger charge is -2.30. The van der Waals surface area contributed by atoms with Gasteiger partial charge in [0.2, 0.25) is 0 Å². The monoisotopic (exact) mass is 287 g/mol. The van der Waals surface area contributed by atoms with E-state index in [1.54, 1.807) is 11.3 Å². The molecule has 1 N–H and O–H groups in total. The standard InChI is InChI=1S/C10H15Cl2NS.ClH/c1-4-13-10(2,3)9(12)7-5-6-8(11)14-7;/h5-6,9,13H,4H2,1-3H3;1H. The third kappa shape index (κ3) is 4.12. The van der Waals surface area contributed by atoms with Crippen LogP contribution >= 0.6 is 46.9 Å². The second kappa shape index (κ2) is 6.31. The summed E-state index contributed by atoms with van der Waals surface area (Å²) in [4.78, 5) is 1.11. The third-order valence-corrected chi connectivity index (χ3v) is 4.32. The Morgan fingerprint density at radius 2 is 2.07 bits per heavy atom. The lowest BCUT2D eigenvalue weighted by atomic mass is 9.99. The van der Waals surface area contributed by atoms with Crippen molar-refractivity contribution in [1.82, 2.24) is 5.32 Å². The lowest BCUT2D eigenvalue weighted by molar-refractivity contribution is 0.388. The first-order valence-corrected chi connectivity index (χ1v) is 6.25. The Bertz CT molecular complexity index is 299. The fraction of sp³-hybridized carbons (Fsp3) is 0.600. The summed E-state index contributed by atoms with van der Waals surface area (Å²) in [5.74, 6) is 0. The number of likely N-dealkylation sites (N-methyl/N-ethyl adjacent to an activating group) is 1. The van der Waals surface area contributed by atoms with Crippen LogP contribution in [0, 0.1) is 0 Å². The van der Waals surface area contributed by atoms with Gasteiger partial charge in [0, 0.05) is 10.4 Å². The quantitative estimate of drug-likeness (QED) is 0.805. The van der Waals surface area contributed by atoms with E-state index in [1.165, 1.54) is 0 Å². The molecule has 0 aliphatic rings.